The zero-order chi connectivity index (χ0) is 19.1. The van der Waals surface area contributed by atoms with Gasteiger partial charge in [0.25, 0.3) is 0 Å². The molecule has 1 fully saturated rings. The van der Waals surface area contributed by atoms with Crippen LogP contribution in [0.15, 0.2) is 54.6 Å². The number of amides is 1. The Morgan fingerprint density at radius 3 is 2.81 bits per heavy atom. The van der Waals surface area contributed by atoms with Gasteiger partial charge in [0.2, 0.25) is 5.91 Å². The minimum Gasteiger partial charge on any atom is -0.494 e. The van der Waals surface area contributed by atoms with Gasteiger partial charge in [-0.05, 0) is 41.8 Å². The second-order valence-electron chi connectivity index (χ2n) is 7.80. The normalized spacial score (nSPS) is 22.6. The molecule has 2 aliphatic rings. The number of fused-ring (bicyclic) bond motifs is 3. The van der Waals surface area contributed by atoms with Crippen molar-refractivity contribution in [3.05, 3.63) is 65.7 Å². The van der Waals surface area contributed by atoms with Crippen LogP contribution in [0.25, 0.3) is 6.08 Å². The quantitative estimate of drug-likeness (QED) is 0.870. The fourth-order valence-electron chi connectivity index (χ4n) is 4.28. The highest BCUT2D eigenvalue weighted by Crippen LogP contribution is 2.52. The molecule has 1 amide bonds. The maximum atomic E-state index is 12.3. The first-order valence-corrected chi connectivity index (χ1v) is 9.58. The Kier molecular flexibility index (Phi) is 4.22. The van der Waals surface area contributed by atoms with E-state index in [1.165, 1.54) is 5.56 Å². The molecular formula is C23H26N2O2. The Hall–Kier alpha value is -2.75. The molecule has 0 bridgehead atoms. The maximum absolute atomic E-state index is 12.3. The maximum Gasteiger partial charge on any atom is 0.241 e. The number of hydrogen-bond donors (Lipinski definition) is 1. The summed E-state index contributed by atoms with van der Waals surface area (Å²) in [6, 6.07) is 16.4. The van der Waals surface area contributed by atoms with Gasteiger partial charge >= 0.3 is 0 Å². The van der Waals surface area contributed by atoms with Crippen LogP contribution in [-0.4, -0.2) is 24.7 Å². The topological polar surface area (TPSA) is 41.6 Å². The van der Waals surface area contributed by atoms with Gasteiger partial charge < -0.3 is 15.0 Å². The van der Waals surface area contributed by atoms with Crippen LogP contribution in [-0.2, 0) is 10.2 Å². The zero-order valence-corrected chi connectivity index (χ0v) is 16.2. The average molecular weight is 362 g/mol. The summed E-state index contributed by atoms with van der Waals surface area (Å²) in [5, 5.41) is 3.25. The van der Waals surface area contributed by atoms with Crippen molar-refractivity contribution in [2.75, 3.05) is 18.1 Å². The summed E-state index contributed by atoms with van der Waals surface area (Å²) in [7, 11) is 0. The van der Waals surface area contributed by atoms with Crippen LogP contribution >= 0.6 is 0 Å². The number of carbonyl (C=O) groups excluding carboxylic acids is 1. The molecule has 4 nitrogen and oxygen atoms in total. The Morgan fingerprint density at radius 1 is 1.19 bits per heavy atom. The Balaban J connectivity index is 1.72. The first-order valence-electron chi connectivity index (χ1n) is 9.58. The van der Waals surface area contributed by atoms with Gasteiger partial charge in [0.15, 0.2) is 0 Å². The number of carbonyl (C=O) groups is 1. The molecule has 2 aromatic carbocycles. The number of nitrogens with one attached hydrogen (secondary N) is 1. The molecule has 2 aromatic rings. The number of benzene rings is 2. The van der Waals surface area contributed by atoms with Crippen LogP contribution in [0, 0.1) is 0 Å². The molecule has 0 aliphatic carbocycles. The molecule has 0 saturated carbocycles. The van der Waals surface area contributed by atoms with Crippen molar-refractivity contribution in [1.82, 2.24) is 5.32 Å². The van der Waals surface area contributed by atoms with Gasteiger partial charge in [-0.1, -0.05) is 57.2 Å². The molecule has 1 unspecified atom stereocenters. The van der Waals surface area contributed by atoms with Gasteiger partial charge in [0.1, 0.15) is 11.4 Å². The van der Waals surface area contributed by atoms with Crippen molar-refractivity contribution < 1.29 is 9.53 Å². The first kappa shape index (κ1) is 17.7. The summed E-state index contributed by atoms with van der Waals surface area (Å²) in [6.45, 7) is 7.58. The lowest BCUT2D eigenvalue weighted by atomic mass is 9.75. The van der Waals surface area contributed by atoms with Crippen molar-refractivity contribution in [2.24, 2.45) is 0 Å². The molecule has 1 atom stereocenters. The highest BCUT2D eigenvalue weighted by molar-refractivity contribution is 5.91. The monoisotopic (exact) mass is 362 g/mol. The van der Waals surface area contributed by atoms with Gasteiger partial charge in [-0.25, -0.2) is 0 Å². The largest absolute Gasteiger partial charge is 0.494 e. The third-order valence-corrected chi connectivity index (χ3v) is 5.73. The van der Waals surface area contributed by atoms with E-state index in [1.54, 1.807) is 0 Å². The van der Waals surface area contributed by atoms with E-state index in [9.17, 15) is 4.79 Å². The lowest BCUT2D eigenvalue weighted by molar-refractivity contribution is -0.118. The molecule has 1 saturated heterocycles. The summed E-state index contributed by atoms with van der Waals surface area (Å²) < 4.78 is 5.75. The summed E-state index contributed by atoms with van der Waals surface area (Å²) in [4.78, 5) is 14.5. The summed E-state index contributed by atoms with van der Waals surface area (Å²) in [6.07, 6.45) is 5.21. The Labute approximate surface area is 160 Å². The molecule has 2 heterocycles. The number of hydrogen-bond acceptors (Lipinski definition) is 3. The Bertz CT molecular complexity index is 903. The van der Waals surface area contributed by atoms with Crippen molar-refractivity contribution in [3.8, 4) is 5.75 Å². The molecule has 140 valence electrons. The third-order valence-electron chi connectivity index (χ3n) is 5.73. The number of nitrogens with zero attached hydrogens (tertiary/aromatic N) is 1. The fraction of sp³-hybridized carbons (Fsp3) is 0.348. The third kappa shape index (κ3) is 2.71. The molecule has 4 heteroatoms. The van der Waals surface area contributed by atoms with E-state index in [0.717, 1.165) is 23.4 Å². The predicted octanol–water partition coefficient (Wildman–Crippen LogP) is 4.11. The van der Waals surface area contributed by atoms with Gasteiger partial charge in [0.05, 0.1) is 13.2 Å². The number of anilines is 1. The highest BCUT2D eigenvalue weighted by atomic mass is 16.5. The average Bonchev–Trinajstić information content (AvgIpc) is 3.10. The minimum absolute atomic E-state index is 0.0576. The van der Waals surface area contributed by atoms with Crippen LogP contribution in [0.5, 0.6) is 5.75 Å². The molecule has 4 rings (SSSR count). The van der Waals surface area contributed by atoms with Crippen LogP contribution in [0.3, 0.4) is 0 Å². The molecule has 27 heavy (non-hydrogen) atoms. The summed E-state index contributed by atoms with van der Waals surface area (Å²) in [5.41, 5.74) is 2.64. The second kappa shape index (κ2) is 6.45. The lowest BCUT2D eigenvalue weighted by Crippen LogP contribution is -2.58. The van der Waals surface area contributed by atoms with Crippen LogP contribution < -0.4 is 15.0 Å². The molecule has 2 aliphatic heterocycles. The van der Waals surface area contributed by atoms with Crippen molar-refractivity contribution >= 4 is 17.7 Å². The molecule has 1 N–H and O–H groups in total. The predicted molar refractivity (Wildman–Crippen MR) is 109 cm³/mol. The number of para-hydroxylation sites is 1. The molecule has 0 radical (unpaired) electrons. The lowest BCUT2D eigenvalue weighted by Gasteiger charge is -2.40. The smallest absolute Gasteiger partial charge is 0.241 e. The van der Waals surface area contributed by atoms with Gasteiger partial charge in [0, 0.05) is 11.1 Å². The second-order valence-corrected chi connectivity index (χ2v) is 7.80. The van der Waals surface area contributed by atoms with Gasteiger partial charge in [-0.15, -0.1) is 0 Å². The van der Waals surface area contributed by atoms with Crippen LogP contribution in [0.1, 0.15) is 38.3 Å². The van der Waals surface area contributed by atoms with Crippen molar-refractivity contribution in [2.45, 2.75) is 38.3 Å². The molecular weight excluding hydrogens is 336 g/mol. The van der Waals surface area contributed by atoms with E-state index in [2.05, 4.69) is 67.4 Å². The fourth-order valence-corrected chi connectivity index (χ4v) is 4.28. The van der Waals surface area contributed by atoms with E-state index in [4.69, 9.17) is 4.74 Å². The van der Waals surface area contributed by atoms with Crippen LogP contribution in [0.2, 0.25) is 0 Å². The molecule has 0 spiro atoms. The highest BCUT2D eigenvalue weighted by Gasteiger charge is 2.59. The zero-order valence-electron chi connectivity index (χ0n) is 16.2. The van der Waals surface area contributed by atoms with Crippen molar-refractivity contribution in [3.63, 3.8) is 0 Å². The summed E-state index contributed by atoms with van der Waals surface area (Å²) in [5.74, 6) is 0.931. The standard InChI is InChI=1S/C23H26N2O2/c1-4-14-27-18-9-7-8-17(15-18)12-13-23-22(2,3)19-10-5-6-11-20(19)25(23)16-21(26)24-23/h5-13,15H,4,14,16H2,1-3H3,(H,24,26)/b13-12+. The summed E-state index contributed by atoms with van der Waals surface area (Å²) >= 11 is 0. The minimum atomic E-state index is -0.561. The van der Waals surface area contributed by atoms with E-state index >= 15 is 0 Å². The van der Waals surface area contributed by atoms with E-state index in [-0.39, 0.29) is 11.3 Å². The van der Waals surface area contributed by atoms with E-state index < -0.39 is 5.66 Å². The van der Waals surface area contributed by atoms with Gasteiger partial charge in [-0.3, -0.25) is 4.79 Å². The first-order chi connectivity index (χ1) is 13.0. The van der Waals surface area contributed by atoms with E-state index in [1.807, 2.05) is 24.3 Å². The van der Waals surface area contributed by atoms with Crippen molar-refractivity contribution in [1.29, 1.82) is 0 Å². The number of rotatable bonds is 5. The number of ether oxygens (including phenoxy) is 1. The SMILES string of the molecule is CCCOc1cccc(/C=C/C23NC(=O)CN2c2ccccc2C3(C)C)c1. The van der Waals surface area contributed by atoms with Gasteiger partial charge in [-0.2, -0.15) is 0 Å². The van der Waals surface area contributed by atoms with E-state index in [0.29, 0.717) is 13.2 Å². The molecule has 0 aromatic heterocycles. The Morgan fingerprint density at radius 2 is 2.00 bits per heavy atom. The van der Waals surface area contributed by atoms with Crippen LogP contribution in [0.4, 0.5) is 5.69 Å².